The minimum absolute atomic E-state index is 0.340. The van der Waals surface area contributed by atoms with Gasteiger partial charge in [0.2, 0.25) is 0 Å². The lowest BCUT2D eigenvalue weighted by Gasteiger charge is -2.30. The number of H-pyrrole nitrogens is 2. The highest BCUT2D eigenvalue weighted by molar-refractivity contribution is 5.90. The van der Waals surface area contributed by atoms with Crippen LogP contribution in [0.4, 0.5) is 0 Å². The number of hydrogen-bond acceptors (Lipinski definition) is 3. The lowest BCUT2D eigenvalue weighted by molar-refractivity contribution is -0.124. The Morgan fingerprint density at radius 2 is 2.00 bits per heavy atom. The van der Waals surface area contributed by atoms with E-state index < -0.39 is 5.91 Å². The lowest BCUT2D eigenvalue weighted by Crippen LogP contribution is -2.30. The summed E-state index contributed by atoms with van der Waals surface area (Å²) in [7, 11) is 0. The molecule has 1 aliphatic carbocycles. The third kappa shape index (κ3) is 4.74. The van der Waals surface area contributed by atoms with Crippen LogP contribution in [0.5, 0.6) is 0 Å². The Hall–Kier alpha value is -3.61. The summed E-state index contributed by atoms with van der Waals surface area (Å²) in [5.74, 6) is -0.524. The molecule has 0 radical (unpaired) electrons. The number of hydroxylamine groups is 1. The summed E-state index contributed by atoms with van der Waals surface area (Å²) >= 11 is 0. The highest BCUT2D eigenvalue weighted by atomic mass is 16.5. The fraction of sp³-hybridized carbons (Fsp3) is 0.300. The molecule has 1 unspecified atom stereocenters. The number of fused-ring (bicyclic) bond motifs is 2. The molecule has 5 rings (SSSR count). The first-order valence-electron chi connectivity index (χ1n) is 12.6. The summed E-state index contributed by atoms with van der Waals surface area (Å²) in [5, 5.41) is 10.0. The maximum Gasteiger partial charge on any atom is 0.267 e. The molecule has 2 aromatic carbocycles. The van der Waals surface area contributed by atoms with Gasteiger partial charge >= 0.3 is 0 Å². The fourth-order valence-electron chi connectivity index (χ4n) is 5.54. The van der Waals surface area contributed by atoms with Crippen LogP contribution in [0, 0.1) is 20.8 Å². The Labute approximate surface area is 212 Å². The van der Waals surface area contributed by atoms with Gasteiger partial charge in [-0.2, -0.15) is 0 Å². The molecule has 4 aromatic rings. The van der Waals surface area contributed by atoms with Gasteiger partial charge in [0.1, 0.15) is 0 Å². The summed E-state index contributed by atoms with van der Waals surface area (Å²) < 4.78 is 0. The number of benzene rings is 2. The van der Waals surface area contributed by atoms with Gasteiger partial charge in [0.05, 0.1) is 0 Å². The van der Waals surface area contributed by atoms with Gasteiger partial charge in [0.25, 0.3) is 5.91 Å². The maximum absolute atomic E-state index is 11.4. The second-order valence-corrected chi connectivity index (χ2v) is 9.88. The third-order valence-electron chi connectivity index (χ3n) is 7.81. The molecule has 6 heteroatoms. The van der Waals surface area contributed by atoms with Gasteiger partial charge in [-0.05, 0) is 85.6 Å². The van der Waals surface area contributed by atoms with Crippen molar-refractivity contribution in [3.63, 3.8) is 0 Å². The lowest BCUT2D eigenvalue weighted by atomic mass is 10.0. The van der Waals surface area contributed by atoms with Crippen LogP contribution in [-0.2, 0) is 24.2 Å². The quantitative estimate of drug-likeness (QED) is 0.148. The first-order chi connectivity index (χ1) is 17.4. The third-order valence-corrected chi connectivity index (χ3v) is 7.81. The average molecular weight is 483 g/mol. The van der Waals surface area contributed by atoms with Crippen molar-refractivity contribution in [2.24, 2.45) is 0 Å². The first kappa shape index (κ1) is 24.1. The number of para-hydroxylation sites is 1. The van der Waals surface area contributed by atoms with Crippen LogP contribution in [0.25, 0.3) is 17.0 Å². The molecule has 2 heterocycles. The smallest absolute Gasteiger partial charge is 0.267 e. The molecule has 1 atom stereocenters. The van der Waals surface area contributed by atoms with Crippen LogP contribution in [0.2, 0.25) is 0 Å². The SMILES string of the molecule is Cc1[nH]c(CN(CCc2c[nH]c3ccccc23)C2CCc3cc(C=CC(=O)NO)ccc32)c(C)c1C. The summed E-state index contributed by atoms with van der Waals surface area (Å²) in [4.78, 5) is 21.1. The number of amides is 1. The molecule has 186 valence electrons. The van der Waals surface area contributed by atoms with E-state index in [2.05, 4.69) is 84.3 Å². The standard InChI is InChI=1S/C30H34N4O2/c1-19-20(2)28(32-21(19)3)18-34(15-14-24-17-31-27-7-5-4-6-25(24)27)29-12-10-23-16-22(8-11-26(23)29)9-13-30(35)33-36/h4-9,11,13,16-17,29,31-32,36H,10,12,14-15,18H2,1-3H3,(H,33,35). The molecule has 4 N–H and O–H groups in total. The predicted octanol–water partition coefficient (Wildman–Crippen LogP) is 5.67. The molecular formula is C30H34N4O2. The molecule has 6 nitrogen and oxygen atoms in total. The number of carbonyl (C=O) groups excluding carboxylic acids is 1. The van der Waals surface area contributed by atoms with Gasteiger partial charge in [0, 0.05) is 53.7 Å². The highest BCUT2D eigenvalue weighted by Crippen LogP contribution is 2.38. The number of aryl methyl sites for hydroxylation is 2. The Bertz CT molecular complexity index is 1430. The van der Waals surface area contributed by atoms with Crippen molar-refractivity contribution in [2.75, 3.05) is 6.54 Å². The van der Waals surface area contributed by atoms with Crippen molar-refractivity contribution >= 4 is 22.9 Å². The van der Waals surface area contributed by atoms with Gasteiger partial charge in [-0.25, -0.2) is 5.48 Å². The van der Waals surface area contributed by atoms with Crippen molar-refractivity contribution in [2.45, 2.75) is 52.6 Å². The van der Waals surface area contributed by atoms with E-state index >= 15 is 0 Å². The number of hydrogen-bond donors (Lipinski definition) is 4. The topological polar surface area (TPSA) is 84.2 Å². The van der Waals surface area contributed by atoms with Crippen LogP contribution in [0.15, 0.2) is 54.7 Å². The number of nitrogens with one attached hydrogen (secondary N) is 3. The van der Waals surface area contributed by atoms with Crippen LogP contribution >= 0.6 is 0 Å². The van der Waals surface area contributed by atoms with Gasteiger partial charge in [-0.3, -0.25) is 14.9 Å². The van der Waals surface area contributed by atoms with Crippen LogP contribution < -0.4 is 5.48 Å². The zero-order valence-electron chi connectivity index (χ0n) is 21.2. The molecule has 2 aromatic heterocycles. The largest absolute Gasteiger partial charge is 0.361 e. The van der Waals surface area contributed by atoms with E-state index in [9.17, 15) is 4.79 Å². The van der Waals surface area contributed by atoms with Crippen LogP contribution in [0.3, 0.4) is 0 Å². The molecule has 0 spiro atoms. The van der Waals surface area contributed by atoms with Crippen molar-refractivity contribution in [1.82, 2.24) is 20.3 Å². The summed E-state index contributed by atoms with van der Waals surface area (Å²) in [6, 6.07) is 15.3. The first-order valence-corrected chi connectivity index (χ1v) is 12.6. The van der Waals surface area contributed by atoms with E-state index in [0.717, 1.165) is 37.9 Å². The Kier molecular flexibility index (Phi) is 6.81. The zero-order chi connectivity index (χ0) is 25.2. The van der Waals surface area contributed by atoms with Gasteiger partial charge in [0.15, 0.2) is 0 Å². The van der Waals surface area contributed by atoms with E-state index in [1.54, 1.807) is 11.6 Å². The molecule has 36 heavy (non-hydrogen) atoms. The van der Waals surface area contributed by atoms with E-state index in [0.29, 0.717) is 6.04 Å². The molecule has 0 saturated heterocycles. The second kappa shape index (κ2) is 10.2. The highest BCUT2D eigenvalue weighted by Gasteiger charge is 2.29. The number of nitrogens with zero attached hydrogens (tertiary/aromatic N) is 1. The minimum atomic E-state index is -0.524. The minimum Gasteiger partial charge on any atom is -0.361 e. The van der Waals surface area contributed by atoms with Gasteiger partial charge in [-0.15, -0.1) is 0 Å². The number of aromatic amines is 2. The summed E-state index contributed by atoms with van der Waals surface area (Å²) in [6.07, 6.45) is 8.30. The predicted molar refractivity (Wildman–Crippen MR) is 144 cm³/mol. The molecule has 0 bridgehead atoms. The van der Waals surface area contributed by atoms with Crippen LogP contribution in [0.1, 0.15) is 57.2 Å². The molecule has 1 amide bonds. The molecule has 1 aliphatic rings. The molecule has 0 saturated carbocycles. The Balaban J connectivity index is 1.42. The van der Waals surface area contributed by atoms with Gasteiger partial charge < -0.3 is 9.97 Å². The van der Waals surface area contributed by atoms with Crippen molar-refractivity contribution in [3.05, 3.63) is 99.5 Å². The number of aromatic nitrogens is 2. The monoisotopic (exact) mass is 482 g/mol. The zero-order valence-corrected chi connectivity index (χ0v) is 21.2. The fourth-order valence-corrected chi connectivity index (χ4v) is 5.54. The van der Waals surface area contributed by atoms with E-state index in [-0.39, 0.29) is 0 Å². The van der Waals surface area contributed by atoms with Gasteiger partial charge in [-0.1, -0.05) is 36.4 Å². The second-order valence-electron chi connectivity index (χ2n) is 9.88. The number of rotatable bonds is 8. The van der Waals surface area contributed by atoms with Crippen molar-refractivity contribution < 1.29 is 10.0 Å². The molecule has 0 fully saturated rings. The summed E-state index contributed by atoms with van der Waals surface area (Å²) in [5.41, 5.74) is 13.1. The van der Waals surface area contributed by atoms with Crippen molar-refractivity contribution in [1.29, 1.82) is 0 Å². The Morgan fingerprint density at radius 1 is 1.17 bits per heavy atom. The normalized spacial score (nSPS) is 15.3. The van der Waals surface area contributed by atoms with E-state index in [1.807, 2.05) is 0 Å². The molecular weight excluding hydrogens is 448 g/mol. The maximum atomic E-state index is 11.4. The van der Waals surface area contributed by atoms with Crippen LogP contribution in [-0.4, -0.2) is 32.5 Å². The van der Waals surface area contributed by atoms with Crippen molar-refractivity contribution in [3.8, 4) is 0 Å². The Morgan fingerprint density at radius 3 is 2.78 bits per heavy atom. The average Bonchev–Trinajstić information content (AvgIpc) is 3.57. The van der Waals surface area contributed by atoms with E-state index in [4.69, 9.17) is 5.21 Å². The number of carbonyl (C=O) groups is 1. The summed E-state index contributed by atoms with van der Waals surface area (Å²) in [6.45, 7) is 8.40. The van der Waals surface area contributed by atoms with E-state index in [1.165, 1.54) is 56.2 Å². The molecule has 0 aliphatic heterocycles.